The van der Waals surface area contributed by atoms with E-state index < -0.39 is 0 Å². The number of carbonyl (C=O) groups excluding carboxylic acids is 1. The van der Waals surface area contributed by atoms with Gasteiger partial charge in [0.2, 0.25) is 5.91 Å². The summed E-state index contributed by atoms with van der Waals surface area (Å²) in [5.41, 5.74) is 5.46. The monoisotopic (exact) mass is 228 g/mol. The summed E-state index contributed by atoms with van der Waals surface area (Å²) in [7, 11) is 0. The van der Waals surface area contributed by atoms with Gasteiger partial charge in [-0.25, -0.2) is 0 Å². The second kappa shape index (κ2) is 6.86. The van der Waals surface area contributed by atoms with E-state index in [4.69, 9.17) is 10.8 Å². The summed E-state index contributed by atoms with van der Waals surface area (Å²) in [6, 6.07) is 0. The number of amides is 1. The van der Waals surface area contributed by atoms with Crippen LogP contribution < -0.4 is 11.1 Å². The third-order valence-electron chi connectivity index (χ3n) is 3.55. The van der Waals surface area contributed by atoms with Crippen molar-refractivity contribution in [3.8, 4) is 0 Å². The number of unbranched alkanes of at least 4 members (excludes halogenated alkanes) is 1. The first-order chi connectivity index (χ1) is 7.75. The molecule has 4 N–H and O–H groups in total. The highest BCUT2D eigenvalue weighted by Gasteiger charge is 2.37. The SMILES string of the molecule is NCC1(C(=O)NCCCCO)CCCCC1. The van der Waals surface area contributed by atoms with Crippen LogP contribution in [0.3, 0.4) is 0 Å². The van der Waals surface area contributed by atoms with Crippen LogP contribution in [0.1, 0.15) is 44.9 Å². The third kappa shape index (κ3) is 3.46. The van der Waals surface area contributed by atoms with Gasteiger partial charge in [-0.05, 0) is 25.7 Å². The van der Waals surface area contributed by atoms with E-state index in [1.807, 2.05) is 0 Å². The first kappa shape index (κ1) is 13.5. The Kier molecular flexibility index (Phi) is 5.77. The Morgan fingerprint density at radius 1 is 1.25 bits per heavy atom. The molecule has 4 heteroatoms. The summed E-state index contributed by atoms with van der Waals surface area (Å²) in [6.45, 7) is 1.30. The maximum Gasteiger partial charge on any atom is 0.227 e. The highest BCUT2D eigenvalue weighted by molar-refractivity contribution is 5.82. The highest BCUT2D eigenvalue weighted by Crippen LogP contribution is 2.35. The Morgan fingerprint density at radius 2 is 1.94 bits per heavy atom. The van der Waals surface area contributed by atoms with E-state index in [0.29, 0.717) is 13.1 Å². The highest BCUT2D eigenvalue weighted by atomic mass is 16.2. The van der Waals surface area contributed by atoms with Crippen LogP contribution in [0.2, 0.25) is 0 Å². The van der Waals surface area contributed by atoms with Crippen molar-refractivity contribution in [1.82, 2.24) is 5.32 Å². The average Bonchev–Trinajstić information content (AvgIpc) is 2.35. The molecular weight excluding hydrogens is 204 g/mol. The Bertz CT molecular complexity index is 213. The minimum atomic E-state index is -0.308. The van der Waals surface area contributed by atoms with Gasteiger partial charge in [0.1, 0.15) is 0 Å². The van der Waals surface area contributed by atoms with E-state index in [0.717, 1.165) is 38.5 Å². The van der Waals surface area contributed by atoms with Gasteiger partial charge in [0.25, 0.3) is 0 Å². The summed E-state index contributed by atoms with van der Waals surface area (Å²) < 4.78 is 0. The summed E-state index contributed by atoms with van der Waals surface area (Å²) in [6.07, 6.45) is 6.88. The predicted molar refractivity (Wildman–Crippen MR) is 63.9 cm³/mol. The van der Waals surface area contributed by atoms with Crippen molar-refractivity contribution in [3.05, 3.63) is 0 Å². The van der Waals surface area contributed by atoms with Crippen LogP contribution >= 0.6 is 0 Å². The molecule has 16 heavy (non-hydrogen) atoms. The van der Waals surface area contributed by atoms with Gasteiger partial charge in [0.15, 0.2) is 0 Å². The van der Waals surface area contributed by atoms with Crippen LogP contribution in [0.15, 0.2) is 0 Å². The van der Waals surface area contributed by atoms with E-state index in [9.17, 15) is 4.79 Å². The van der Waals surface area contributed by atoms with Gasteiger partial charge in [-0.2, -0.15) is 0 Å². The molecular formula is C12H24N2O2. The first-order valence-corrected chi connectivity index (χ1v) is 6.34. The van der Waals surface area contributed by atoms with Crippen molar-refractivity contribution >= 4 is 5.91 Å². The maximum atomic E-state index is 12.1. The van der Waals surface area contributed by atoms with Crippen LogP contribution in [0.25, 0.3) is 0 Å². The molecule has 0 bridgehead atoms. The first-order valence-electron chi connectivity index (χ1n) is 6.34. The molecule has 0 heterocycles. The fourth-order valence-electron chi connectivity index (χ4n) is 2.38. The molecule has 0 aliphatic heterocycles. The van der Waals surface area contributed by atoms with Crippen LogP contribution in [0.4, 0.5) is 0 Å². The van der Waals surface area contributed by atoms with Crippen LogP contribution in [-0.4, -0.2) is 30.7 Å². The summed E-state index contributed by atoms with van der Waals surface area (Å²) in [5.74, 6) is 0.118. The number of aliphatic hydroxyl groups excluding tert-OH is 1. The molecule has 0 aromatic rings. The predicted octanol–water partition coefficient (Wildman–Crippen LogP) is 0.784. The van der Waals surface area contributed by atoms with Crippen molar-refractivity contribution in [1.29, 1.82) is 0 Å². The van der Waals surface area contributed by atoms with E-state index in [1.165, 1.54) is 6.42 Å². The molecule has 4 nitrogen and oxygen atoms in total. The molecule has 94 valence electrons. The normalized spacial score (nSPS) is 19.4. The molecule has 0 aromatic heterocycles. The van der Waals surface area contributed by atoms with Gasteiger partial charge in [-0.3, -0.25) is 4.79 Å². The standard InChI is InChI=1S/C12H24N2O2/c13-10-12(6-2-1-3-7-12)11(16)14-8-4-5-9-15/h15H,1-10,13H2,(H,14,16). The largest absolute Gasteiger partial charge is 0.396 e. The zero-order valence-electron chi connectivity index (χ0n) is 10.0. The molecule has 0 saturated heterocycles. The maximum absolute atomic E-state index is 12.1. The molecule has 1 fully saturated rings. The third-order valence-corrected chi connectivity index (χ3v) is 3.55. The molecule has 0 radical (unpaired) electrons. The lowest BCUT2D eigenvalue weighted by atomic mass is 9.73. The quantitative estimate of drug-likeness (QED) is 0.588. The number of hydrogen-bond acceptors (Lipinski definition) is 3. The Labute approximate surface area is 97.6 Å². The lowest BCUT2D eigenvalue weighted by molar-refractivity contribution is -0.132. The van der Waals surface area contributed by atoms with Crippen molar-refractivity contribution in [2.24, 2.45) is 11.1 Å². The Morgan fingerprint density at radius 3 is 2.50 bits per heavy atom. The van der Waals surface area contributed by atoms with Gasteiger partial charge < -0.3 is 16.2 Å². The minimum Gasteiger partial charge on any atom is -0.396 e. The van der Waals surface area contributed by atoms with Gasteiger partial charge in [-0.1, -0.05) is 19.3 Å². The van der Waals surface area contributed by atoms with E-state index >= 15 is 0 Å². The lowest BCUT2D eigenvalue weighted by Gasteiger charge is -2.34. The zero-order chi connectivity index (χ0) is 11.9. The second-order valence-electron chi connectivity index (χ2n) is 4.73. The molecule has 0 aromatic carbocycles. The van der Waals surface area contributed by atoms with Crippen molar-refractivity contribution < 1.29 is 9.90 Å². The Balaban J connectivity index is 2.36. The second-order valence-corrected chi connectivity index (χ2v) is 4.73. The topological polar surface area (TPSA) is 75.4 Å². The molecule has 1 saturated carbocycles. The molecule has 0 unspecified atom stereocenters. The van der Waals surface area contributed by atoms with E-state index in [1.54, 1.807) is 0 Å². The molecule has 1 rings (SSSR count). The summed E-state index contributed by atoms with van der Waals surface area (Å²) in [4.78, 5) is 12.1. The number of nitrogens with one attached hydrogen (secondary N) is 1. The van der Waals surface area contributed by atoms with Crippen molar-refractivity contribution in [2.75, 3.05) is 19.7 Å². The van der Waals surface area contributed by atoms with Gasteiger partial charge in [0, 0.05) is 19.7 Å². The average molecular weight is 228 g/mol. The van der Waals surface area contributed by atoms with Crippen LogP contribution in [0, 0.1) is 5.41 Å². The van der Waals surface area contributed by atoms with Gasteiger partial charge in [-0.15, -0.1) is 0 Å². The minimum absolute atomic E-state index is 0.118. The molecule has 1 amide bonds. The molecule has 0 atom stereocenters. The fraction of sp³-hybridized carbons (Fsp3) is 0.917. The molecule has 1 aliphatic carbocycles. The lowest BCUT2D eigenvalue weighted by Crippen LogP contribution is -2.47. The fourth-order valence-corrected chi connectivity index (χ4v) is 2.38. The molecule has 1 aliphatic rings. The summed E-state index contributed by atoms with van der Waals surface area (Å²) in [5, 5.41) is 11.6. The number of rotatable bonds is 6. The van der Waals surface area contributed by atoms with Crippen LogP contribution in [-0.2, 0) is 4.79 Å². The number of carbonyl (C=O) groups is 1. The summed E-state index contributed by atoms with van der Waals surface area (Å²) >= 11 is 0. The number of aliphatic hydroxyl groups is 1. The molecule has 0 spiro atoms. The van der Waals surface area contributed by atoms with Gasteiger partial charge >= 0.3 is 0 Å². The van der Waals surface area contributed by atoms with Crippen LogP contribution in [0.5, 0.6) is 0 Å². The Hall–Kier alpha value is -0.610. The van der Waals surface area contributed by atoms with Crippen molar-refractivity contribution in [3.63, 3.8) is 0 Å². The van der Waals surface area contributed by atoms with E-state index in [2.05, 4.69) is 5.32 Å². The smallest absolute Gasteiger partial charge is 0.227 e. The van der Waals surface area contributed by atoms with Gasteiger partial charge in [0.05, 0.1) is 5.41 Å². The number of nitrogens with two attached hydrogens (primary N) is 1. The zero-order valence-corrected chi connectivity index (χ0v) is 10.0. The number of hydrogen-bond donors (Lipinski definition) is 3. The van der Waals surface area contributed by atoms with E-state index in [-0.39, 0.29) is 17.9 Å². The van der Waals surface area contributed by atoms with Crippen molar-refractivity contribution in [2.45, 2.75) is 44.9 Å².